The molecular weight excluding hydrogens is 448 g/mol. The van der Waals surface area contributed by atoms with Crippen molar-refractivity contribution >= 4 is 32.4 Å². The van der Waals surface area contributed by atoms with Crippen molar-refractivity contribution in [3.63, 3.8) is 0 Å². The monoisotopic (exact) mass is 474 g/mol. The second kappa shape index (κ2) is 10.4. The largest absolute Gasteiger partial charge is 0.492 e. The van der Waals surface area contributed by atoms with Crippen LogP contribution < -0.4 is 14.4 Å². The van der Waals surface area contributed by atoms with Gasteiger partial charge in [-0.15, -0.1) is 0 Å². The number of carbonyl (C=O) groups excluding carboxylic acids is 1. The zero-order valence-corrected chi connectivity index (χ0v) is 19.7. The highest BCUT2D eigenvalue weighted by Gasteiger charge is 2.17. The summed E-state index contributed by atoms with van der Waals surface area (Å²) in [4.78, 5) is 12.5. The number of nitrogens with zero attached hydrogens (tertiary/aromatic N) is 1. The molecule has 0 aliphatic rings. The van der Waals surface area contributed by atoms with E-state index < -0.39 is 10.0 Å². The number of amides is 1. The summed E-state index contributed by atoms with van der Waals surface area (Å²) in [5.41, 5.74) is 1.88. The highest BCUT2D eigenvalue weighted by Crippen LogP contribution is 2.21. The first-order valence-corrected chi connectivity index (χ1v) is 12.8. The Kier molecular flexibility index (Phi) is 7.13. The third-order valence-electron chi connectivity index (χ3n) is 5.36. The van der Waals surface area contributed by atoms with Gasteiger partial charge in [0.2, 0.25) is 10.0 Å². The first kappa shape index (κ1) is 23.3. The predicted molar refractivity (Wildman–Crippen MR) is 136 cm³/mol. The molecule has 0 spiro atoms. The molecular formula is C27H26N2O4S. The fourth-order valence-corrected chi connectivity index (χ4v) is 4.50. The first-order valence-electron chi connectivity index (χ1n) is 10.9. The molecule has 1 N–H and O–H groups in total. The molecule has 0 heterocycles. The van der Waals surface area contributed by atoms with Gasteiger partial charge in [-0.1, -0.05) is 60.7 Å². The molecule has 0 atom stereocenters. The summed E-state index contributed by atoms with van der Waals surface area (Å²) >= 11 is 0. The van der Waals surface area contributed by atoms with Crippen molar-refractivity contribution in [1.82, 2.24) is 5.32 Å². The number of rotatable bonds is 9. The van der Waals surface area contributed by atoms with Crippen LogP contribution in [0.15, 0.2) is 97.1 Å². The lowest BCUT2D eigenvalue weighted by molar-refractivity contribution is 0.0947. The molecule has 4 aromatic rings. The average molecular weight is 475 g/mol. The summed E-state index contributed by atoms with van der Waals surface area (Å²) in [7, 11) is -3.45. The Morgan fingerprint density at radius 3 is 2.24 bits per heavy atom. The predicted octanol–water partition coefficient (Wildman–Crippen LogP) is 4.61. The van der Waals surface area contributed by atoms with Gasteiger partial charge in [0, 0.05) is 5.56 Å². The van der Waals surface area contributed by atoms with E-state index in [0.29, 0.717) is 24.4 Å². The summed E-state index contributed by atoms with van der Waals surface area (Å²) in [5.74, 6) is 0.544. The Balaban J connectivity index is 1.31. The van der Waals surface area contributed by atoms with E-state index in [1.54, 1.807) is 48.5 Å². The van der Waals surface area contributed by atoms with Crippen LogP contribution in [0.25, 0.3) is 10.8 Å². The minimum atomic E-state index is -3.45. The smallest absolute Gasteiger partial charge is 0.251 e. The number of carbonyl (C=O) groups is 1. The molecule has 0 unspecified atom stereocenters. The summed E-state index contributed by atoms with van der Waals surface area (Å²) < 4.78 is 31.6. The maximum atomic E-state index is 12.5. The summed E-state index contributed by atoms with van der Waals surface area (Å²) in [6, 6.07) is 29.8. The maximum Gasteiger partial charge on any atom is 0.251 e. The molecule has 0 fully saturated rings. The van der Waals surface area contributed by atoms with E-state index in [0.717, 1.165) is 22.1 Å². The number of para-hydroxylation sites is 1. The third-order valence-corrected chi connectivity index (χ3v) is 6.50. The Morgan fingerprint density at radius 1 is 0.853 bits per heavy atom. The van der Waals surface area contributed by atoms with E-state index in [9.17, 15) is 13.2 Å². The van der Waals surface area contributed by atoms with Crippen LogP contribution in [0.4, 0.5) is 5.69 Å². The van der Waals surface area contributed by atoms with Crippen molar-refractivity contribution < 1.29 is 17.9 Å². The van der Waals surface area contributed by atoms with Crippen molar-refractivity contribution in [1.29, 1.82) is 0 Å². The minimum absolute atomic E-state index is 0.185. The van der Waals surface area contributed by atoms with Gasteiger partial charge in [0.25, 0.3) is 5.91 Å². The van der Waals surface area contributed by atoms with E-state index in [2.05, 4.69) is 5.32 Å². The van der Waals surface area contributed by atoms with Gasteiger partial charge in [-0.2, -0.15) is 0 Å². The van der Waals surface area contributed by atoms with Crippen LogP contribution in [0.1, 0.15) is 15.9 Å². The van der Waals surface area contributed by atoms with Gasteiger partial charge >= 0.3 is 0 Å². The number of fused-ring (bicyclic) bond motifs is 1. The van der Waals surface area contributed by atoms with E-state index in [-0.39, 0.29) is 12.5 Å². The SMILES string of the molecule is CS(=O)(=O)N(Cc1ccc(C(=O)NCCOc2ccc3ccccc3c2)cc1)c1ccccc1. The fraction of sp³-hybridized carbons (Fsp3) is 0.148. The number of nitrogens with one attached hydrogen (secondary N) is 1. The summed E-state index contributed by atoms with van der Waals surface area (Å²) in [6.45, 7) is 0.899. The lowest BCUT2D eigenvalue weighted by atomic mass is 10.1. The molecule has 0 aliphatic carbocycles. The molecule has 7 heteroatoms. The van der Waals surface area contributed by atoms with Crippen molar-refractivity contribution in [3.8, 4) is 5.75 Å². The van der Waals surface area contributed by atoms with Gasteiger partial charge in [0.1, 0.15) is 12.4 Å². The van der Waals surface area contributed by atoms with Crippen LogP contribution in [0, 0.1) is 0 Å². The molecule has 34 heavy (non-hydrogen) atoms. The molecule has 1 amide bonds. The highest BCUT2D eigenvalue weighted by molar-refractivity contribution is 7.92. The number of hydrogen-bond donors (Lipinski definition) is 1. The van der Waals surface area contributed by atoms with Crippen LogP contribution >= 0.6 is 0 Å². The lowest BCUT2D eigenvalue weighted by Crippen LogP contribution is -2.29. The van der Waals surface area contributed by atoms with Gasteiger partial charge in [-0.25, -0.2) is 8.42 Å². The molecule has 0 radical (unpaired) electrons. The van der Waals surface area contributed by atoms with Crippen molar-refractivity contribution in [2.24, 2.45) is 0 Å². The molecule has 0 saturated carbocycles. The fourth-order valence-electron chi connectivity index (χ4n) is 3.61. The number of benzene rings is 4. The molecule has 0 saturated heterocycles. The molecule has 0 aliphatic heterocycles. The van der Waals surface area contributed by atoms with Gasteiger partial charge < -0.3 is 10.1 Å². The van der Waals surface area contributed by atoms with E-state index in [1.807, 2.05) is 48.5 Å². The highest BCUT2D eigenvalue weighted by atomic mass is 32.2. The Labute approximate surface area is 199 Å². The Hall–Kier alpha value is -3.84. The number of sulfonamides is 1. The van der Waals surface area contributed by atoms with Gasteiger partial charge in [-0.05, 0) is 52.7 Å². The van der Waals surface area contributed by atoms with E-state index in [4.69, 9.17) is 4.74 Å². The first-order chi connectivity index (χ1) is 16.4. The zero-order chi connectivity index (χ0) is 24.0. The normalized spacial score (nSPS) is 11.2. The number of ether oxygens (including phenoxy) is 1. The quantitative estimate of drug-likeness (QED) is 0.359. The van der Waals surface area contributed by atoms with E-state index in [1.165, 1.54) is 10.6 Å². The van der Waals surface area contributed by atoms with Crippen molar-refractivity contribution in [2.45, 2.75) is 6.54 Å². The zero-order valence-electron chi connectivity index (χ0n) is 18.8. The maximum absolute atomic E-state index is 12.5. The van der Waals surface area contributed by atoms with Gasteiger partial charge in [0.15, 0.2) is 0 Å². The average Bonchev–Trinajstić information content (AvgIpc) is 2.85. The second-order valence-corrected chi connectivity index (χ2v) is 9.82. The molecule has 6 nitrogen and oxygen atoms in total. The second-order valence-electron chi connectivity index (χ2n) is 7.92. The summed E-state index contributed by atoms with van der Waals surface area (Å²) in [5, 5.41) is 5.10. The number of anilines is 1. The van der Waals surface area contributed by atoms with Crippen molar-refractivity contribution in [3.05, 3.63) is 108 Å². The molecule has 0 bridgehead atoms. The molecule has 174 valence electrons. The number of hydrogen-bond acceptors (Lipinski definition) is 4. The van der Waals surface area contributed by atoms with Crippen molar-refractivity contribution in [2.75, 3.05) is 23.7 Å². The molecule has 0 aromatic heterocycles. The van der Waals surface area contributed by atoms with Crippen LogP contribution in [0.2, 0.25) is 0 Å². The van der Waals surface area contributed by atoms with Gasteiger partial charge in [0.05, 0.1) is 25.0 Å². The molecule has 4 aromatic carbocycles. The Morgan fingerprint density at radius 2 is 1.53 bits per heavy atom. The van der Waals surface area contributed by atoms with Crippen LogP contribution in [-0.2, 0) is 16.6 Å². The summed E-state index contributed by atoms with van der Waals surface area (Å²) in [6.07, 6.45) is 1.18. The van der Waals surface area contributed by atoms with Gasteiger partial charge in [-0.3, -0.25) is 9.10 Å². The minimum Gasteiger partial charge on any atom is -0.492 e. The topological polar surface area (TPSA) is 75.7 Å². The van der Waals surface area contributed by atoms with Crippen LogP contribution in [-0.4, -0.2) is 33.7 Å². The third kappa shape index (κ3) is 5.94. The lowest BCUT2D eigenvalue weighted by Gasteiger charge is -2.22. The molecule has 4 rings (SSSR count). The van der Waals surface area contributed by atoms with Crippen LogP contribution in [0.3, 0.4) is 0 Å². The standard InChI is InChI=1S/C27H26N2O4S/c1-34(31,32)29(25-9-3-2-4-10-25)20-21-11-13-23(14-12-21)27(30)28-17-18-33-26-16-15-22-7-5-6-8-24(22)19-26/h2-16,19H,17-18,20H2,1H3,(H,28,30). The Bertz CT molecular complexity index is 1370. The van der Waals surface area contributed by atoms with Crippen LogP contribution in [0.5, 0.6) is 5.75 Å². The van der Waals surface area contributed by atoms with E-state index >= 15 is 0 Å².